The first kappa shape index (κ1) is 12.1. The smallest absolute Gasteiger partial charge is 0.255 e. The summed E-state index contributed by atoms with van der Waals surface area (Å²) in [6.45, 7) is 5.78. The minimum absolute atomic E-state index is 0.00551. The second kappa shape index (κ2) is 4.87. The number of aryl methyl sites for hydroxylation is 2. The van der Waals surface area contributed by atoms with E-state index in [-0.39, 0.29) is 11.9 Å². The largest absolute Gasteiger partial charge is 0.348 e. The average Bonchev–Trinajstić information content (AvgIpc) is 2.58. The Hall–Kier alpha value is -1.36. The zero-order valence-corrected chi connectivity index (χ0v) is 10.7. The van der Waals surface area contributed by atoms with Crippen molar-refractivity contribution in [1.82, 2.24) is 20.4 Å². The number of likely N-dealkylation sites (N-methyl/N-ethyl adjacent to an activating group) is 1. The molecule has 1 amide bonds. The molecule has 0 saturated carbocycles. The van der Waals surface area contributed by atoms with Gasteiger partial charge in [0.2, 0.25) is 0 Å². The molecule has 0 radical (unpaired) electrons. The fourth-order valence-electron chi connectivity index (χ4n) is 2.43. The maximum absolute atomic E-state index is 12.1. The van der Waals surface area contributed by atoms with E-state index in [0.717, 1.165) is 37.3 Å². The summed E-state index contributed by atoms with van der Waals surface area (Å²) in [5.41, 5.74) is 2.30. The molecule has 1 saturated heterocycles. The molecule has 0 aliphatic carbocycles. The molecule has 2 heterocycles. The molecule has 2 rings (SSSR count). The van der Waals surface area contributed by atoms with Gasteiger partial charge >= 0.3 is 0 Å². The highest BCUT2D eigenvalue weighted by atomic mass is 16.1. The first-order valence-electron chi connectivity index (χ1n) is 6.09. The summed E-state index contributed by atoms with van der Waals surface area (Å²) >= 11 is 0. The summed E-state index contributed by atoms with van der Waals surface area (Å²) < 4.78 is 0. The van der Waals surface area contributed by atoms with Crippen molar-refractivity contribution in [3.05, 3.63) is 17.0 Å². The van der Waals surface area contributed by atoms with Gasteiger partial charge in [0.05, 0.1) is 11.3 Å². The van der Waals surface area contributed by atoms with E-state index >= 15 is 0 Å². The molecular formula is C12H20N4O. The van der Waals surface area contributed by atoms with Crippen molar-refractivity contribution in [3.63, 3.8) is 0 Å². The van der Waals surface area contributed by atoms with Crippen molar-refractivity contribution in [2.45, 2.75) is 32.7 Å². The van der Waals surface area contributed by atoms with Crippen LogP contribution in [0.2, 0.25) is 0 Å². The number of amides is 1. The number of piperidine rings is 1. The summed E-state index contributed by atoms with van der Waals surface area (Å²) in [6.07, 6.45) is 2.21. The normalized spacial score (nSPS) is 21.5. The van der Waals surface area contributed by atoms with Crippen LogP contribution in [-0.4, -0.2) is 47.2 Å². The van der Waals surface area contributed by atoms with Gasteiger partial charge in [-0.1, -0.05) is 0 Å². The molecule has 0 bridgehead atoms. The van der Waals surface area contributed by atoms with E-state index in [4.69, 9.17) is 0 Å². The first-order chi connectivity index (χ1) is 8.08. The fourth-order valence-corrected chi connectivity index (χ4v) is 2.43. The van der Waals surface area contributed by atoms with Gasteiger partial charge in [0.25, 0.3) is 5.91 Å². The van der Waals surface area contributed by atoms with Gasteiger partial charge in [0.15, 0.2) is 0 Å². The molecule has 1 unspecified atom stereocenters. The van der Waals surface area contributed by atoms with E-state index in [1.165, 1.54) is 0 Å². The number of nitrogens with one attached hydrogen (secondary N) is 2. The van der Waals surface area contributed by atoms with E-state index in [0.29, 0.717) is 5.56 Å². The van der Waals surface area contributed by atoms with E-state index in [2.05, 4.69) is 27.5 Å². The van der Waals surface area contributed by atoms with Crippen LogP contribution in [0.5, 0.6) is 0 Å². The molecule has 1 aromatic heterocycles. The zero-order valence-electron chi connectivity index (χ0n) is 10.7. The van der Waals surface area contributed by atoms with Gasteiger partial charge in [-0.15, -0.1) is 0 Å². The molecule has 2 N–H and O–H groups in total. The Morgan fingerprint density at radius 2 is 2.29 bits per heavy atom. The number of carbonyl (C=O) groups excluding carboxylic acids is 1. The number of nitrogens with zero attached hydrogens (tertiary/aromatic N) is 2. The summed E-state index contributed by atoms with van der Waals surface area (Å²) in [7, 11) is 2.09. The van der Waals surface area contributed by atoms with E-state index < -0.39 is 0 Å². The monoisotopic (exact) mass is 236 g/mol. The molecule has 5 nitrogen and oxygen atoms in total. The average molecular weight is 236 g/mol. The van der Waals surface area contributed by atoms with E-state index in [1.807, 2.05) is 13.8 Å². The molecular weight excluding hydrogens is 216 g/mol. The van der Waals surface area contributed by atoms with Gasteiger partial charge in [0, 0.05) is 18.3 Å². The molecule has 1 aromatic rings. The second-order valence-corrected chi connectivity index (χ2v) is 4.88. The molecule has 0 aromatic carbocycles. The van der Waals surface area contributed by atoms with Crippen LogP contribution in [-0.2, 0) is 0 Å². The van der Waals surface area contributed by atoms with Crippen LogP contribution in [0.25, 0.3) is 0 Å². The predicted octanol–water partition coefficient (Wildman–Crippen LogP) is 0.851. The van der Waals surface area contributed by atoms with Crippen LogP contribution >= 0.6 is 0 Å². The Kier molecular flexibility index (Phi) is 3.47. The third kappa shape index (κ3) is 2.66. The van der Waals surface area contributed by atoms with Crippen molar-refractivity contribution < 1.29 is 4.79 Å². The second-order valence-electron chi connectivity index (χ2n) is 4.88. The van der Waals surface area contributed by atoms with Crippen LogP contribution in [0.1, 0.15) is 34.6 Å². The third-order valence-electron chi connectivity index (χ3n) is 3.31. The molecule has 1 fully saturated rings. The number of likely N-dealkylation sites (tertiary alicyclic amines) is 1. The van der Waals surface area contributed by atoms with Crippen LogP contribution in [0.3, 0.4) is 0 Å². The number of carbonyl (C=O) groups is 1. The fraction of sp³-hybridized carbons (Fsp3) is 0.667. The molecule has 5 heteroatoms. The summed E-state index contributed by atoms with van der Waals surface area (Å²) in [4.78, 5) is 14.4. The number of hydrogen-bond donors (Lipinski definition) is 2. The Balaban J connectivity index is 2.02. The van der Waals surface area contributed by atoms with E-state index in [1.54, 1.807) is 0 Å². The topological polar surface area (TPSA) is 61.0 Å². The van der Waals surface area contributed by atoms with Gasteiger partial charge in [-0.25, -0.2) is 0 Å². The number of rotatable bonds is 2. The Morgan fingerprint density at radius 3 is 2.88 bits per heavy atom. The van der Waals surface area contributed by atoms with Crippen LogP contribution in [0.15, 0.2) is 0 Å². The van der Waals surface area contributed by atoms with Crippen LogP contribution < -0.4 is 5.32 Å². The van der Waals surface area contributed by atoms with E-state index in [9.17, 15) is 4.79 Å². The molecule has 0 spiro atoms. The molecule has 1 aliphatic rings. The minimum atomic E-state index is -0.00551. The Bertz CT molecular complexity index is 393. The van der Waals surface area contributed by atoms with Gasteiger partial charge < -0.3 is 10.2 Å². The van der Waals surface area contributed by atoms with Crippen molar-refractivity contribution >= 4 is 5.91 Å². The van der Waals surface area contributed by atoms with Crippen molar-refractivity contribution in [3.8, 4) is 0 Å². The standard InChI is InChI=1S/C12H20N4O/c1-8-11(9(2)15-14-8)12(17)13-10-5-4-6-16(3)7-10/h10H,4-7H2,1-3H3,(H,13,17)(H,14,15). The Morgan fingerprint density at radius 1 is 1.53 bits per heavy atom. The highest BCUT2D eigenvalue weighted by molar-refractivity contribution is 5.96. The molecule has 94 valence electrons. The zero-order chi connectivity index (χ0) is 12.4. The minimum Gasteiger partial charge on any atom is -0.348 e. The van der Waals surface area contributed by atoms with Crippen LogP contribution in [0, 0.1) is 13.8 Å². The van der Waals surface area contributed by atoms with Crippen LogP contribution in [0.4, 0.5) is 0 Å². The SMILES string of the molecule is Cc1n[nH]c(C)c1C(=O)NC1CCCN(C)C1. The summed E-state index contributed by atoms with van der Waals surface area (Å²) in [5, 5.41) is 9.98. The lowest BCUT2D eigenvalue weighted by atomic mass is 10.1. The summed E-state index contributed by atoms with van der Waals surface area (Å²) in [5.74, 6) is -0.00551. The van der Waals surface area contributed by atoms with Gasteiger partial charge in [0.1, 0.15) is 0 Å². The number of aromatic amines is 1. The number of hydrogen-bond acceptors (Lipinski definition) is 3. The number of H-pyrrole nitrogens is 1. The van der Waals surface area contributed by atoms with Gasteiger partial charge in [-0.05, 0) is 40.3 Å². The lowest BCUT2D eigenvalue weighted by Gasteiger charge is -2.30. The van der Waals surface area contributed by atoms with Gasteiger partial charge in [-0.2, -0.15) is 5.10 Å². The van der Waals surface area contributed by atoms with Crippen molar-refractivity contribution in [2.75, 3.05) is 20.1 Å². The number of aromatic nitrogens is 2. The lowest BCUT2D eigenvalue weighted by molar-refractivity contribution is 0.0911. The maximum Gasteiger partial charge on any atom is 0.255 e. The first-order valence-corrected chi connectivity index (χ1v) is 6.09. The molecule has 17 heavy (non-hydrogen) atoms. The summed E-state index contributed by atoms with van der Waals surface area (Å²) in [6, 6.07) is 0.259. The highest BCUT2D eigenvalue weighted by Gasteiger charge is 2.22. The molecule has 1 aliphatic heterocycles. The third-order valence-corrected chi connectivity index (χ3v) is 3.31. The maximum atomic E-state index is 12.1. The molecule has 1 atom stereocenters. The Labute approximate surface area is 102 Å². The highest BCUT2D eigenvalue weighted by Crippen LogP contribution is 2.12. The van der Waals surface area contributed by atoms with Crippen molar-refractivity contribution in [2.24, 2.45) is 0 Å². The predicted molar refractivity (Wildman–Crippen MR) is 66.0 cm³/mol. The van der Waals surface area contributed by atoms with Gasteiger partial charge in [-0.3, -0.25) is 9.89 Å². The van der Waals surface area contributed by atoms with Crippen molar-refractivity contribution in [1.29, 1.82) is 0 Å². The lowest BCUT2D eigenvalue weighted by Crippen LogP contribution is -2.46. The quantitative estimate of drug-likeness (QED) is 0.800.